The Morgan fingerprint density at radius 2 is 2.09 bits per heavy atom. The third-order valence-corrected chi connectivity index (χ3v) is 6.31. The molecule has 0 saturated heterocycles. The minimum Gasteiger partial charge on any atom is -0.353 e. The summed E-state index contributed by atoms with van der Waals surface area (Å²) in [7, 11) is 0. The van der Waals surface area contributed by atoms with Gasteiger partial charge in [0.15, 0.2) is 0 Å². The van der Waals surface area contributed by atoms with Crippen molar-refractivity contribution >= 4 is 45.4 Å². The van der Waals surface area contributed by atoms with Crippen LogP contribution >= 0.6 is 34.5 Å². The molecular formula is C17H16Cl2N2OS. The molecule has 2 N–H and O–H groups in total. The highest BCUT2D eigenvalue weighted by molar-refractivity contribution is 7.16. The molecule has 1 aromatic carbocycles. The fourth-order valence-corrected chi connectivity index (χ4v) is 5.31. The Kier molecular flexibility index (Phi) is 3.79. The van der Waals surface area contributed by atoms with Gasteiger partial charge in [-0.25, -0.2) is 0 Å². The van der Waals surface area contributed by atoms with E-state index in [4.69, 9.17) is 23.2 Å². The van der Waals surface area contributed by atoms with Crippen molar-refractivity contribution in [2.75, 3.05) is 5.32 Å². The van der Waals surface area contributed by atoms with Crippen LogP contribution in [0, 0.1) is 5.92 Å². The molecular weight excluding hydrogens is 351 g/mol. The van der Waals surface area contributed by atoms with Crippen LogP contribution in [0.4, 0.5) is 5.00 Å². The van der Waals surface area contributed by atoms with Crippen molar-refractivity contribution in [1.29, 1.82) is 0 Å². The van der Waals surface area contributed by atoms with Gasteiger partial charge in [-0.1, -0.05) is 36.2 Å². The first kappa shape index (κ1) is 15.3. The molecule has 0 unspecified atom stereocenters. The Hall–Kier alpha value is -1.23. The van der Waals surface area contributed by atoms with Gasteiger partial charge in [-0.15, -0.1) is 11.3 Å². The number of hydrogen-bond acceptors (Lipinski definition) is 3. The molecule has 23 heavy (non-hydrogen) atoms. The van der Waals surface area contributed by atoms with E-state index in [1.807, 2.05) is 6.07 Å². The Morgan fingerprint density at radius 1 is 1.26 bits per heavy atom. The number of benzene rings is 1. The minimum atomic E-state index is -0.322. The molecule has 2 aromatic rings. The van der Waals surface area contributed by atoms with Gasteiger partial charge < -0.3 is 10.6 Å². The minimum absolute atomic E-state index is 0.0122. The molecule has 0 saturated carbocycles. The van der Waals surface area contributed by atoms with Crippen molar-refractivity contribution in [2.45, 2.75) is 32.4 Å². The van der Waals surface area contributed by atoms with Gasteiger partial charge >= 0.3 is 0 Å². The van der Waals surface area contributed by atoms with E-state index in [9.17, 15) is 4.79 Å². The second-order valence-corrected chi connectivity index (χ2v) is 8.22. The first-order chi connectivity index (χ1) is 11.0. The number of hydrogen-bond donors (Lipinski definition) is 2. The van der Waals surface area contributed by atoms with Gasteiger partial charge in [0, 0.05) is 20.5 Å². The Labute approximate surface area is 149 Å². The van der Waals surface area contributed by atoms with Crippen LogP contribution in [0.2, 0.25) is 10.0 Å². The number of halogens is 2. The molecule has 0 bridgehead atoms. The number of amides is 1. The Morgan fingerprint density at radius 3 is 2.87 bits per heavy atom. The molecule has 3 nitrogen and oxygen atoms in total. The fraction of sp³-hybridized carbons (Fsp3) is 0.353. The standard InChI is InChI=1S/C17H16Cl2N2OS/c1-8-2-4-11-13(6-8)23-17-14(11)16(22)20-15(21-17)10-5-3-9(18)7-12(10)19/h3,5,7-8,15,21H,2,4,6H2,1H3,(H,20,22)/t8-,15-/m0/s1. The summed E-state index contributed by atoms with van der Waals surface area (Å²) in [4.78, 5) is 14.0. The maximum atomic E-state index is 12.6. The van der Waals surface area contributed by atoms with Crippen molar-refractivity contribution in [2.24, 2.45) is 5.92 Å². The average Bonchev–Trinajstić information content (AvgIpc) is 2.84. The van der Waals surface area contributed by atoms with Crippen LogP contribution in [-0.2, 0) is 12.8 Å². The monoisotopic (exact) mass is 366 g/mol. The molecule has 120 valence electrons. The van der Waals surface area contributed by atoms with Gasteiger partial charge in [0.2, 0.25) is 0 Å². The van der Waals surface area contributed by atoms with Crippen molar-refractivity contribution in [3.63, 3.8) is 0 Å². The highest BCUT2D eigenvalue weighted by atomic mass is 35.5. The average molecular weight is 367 g/mol. The molecule has 1 aromatic heterocycles. The third-order valence-electron chi connectivity index (χ3n) is 4.56. The van der Waals surface area contributed by atoms with Crippen LogP contribution in [0.1, 0.15) is 45.9 Å². The summed E-state index contributed by atoms with van der Waals surface area (Å²) >= 11 is 14.0. The molecule has 4 rings (SSSR count). The summed E-state index contributed by atoms with van der Waals surface area (Å²) in [6, 6.07) is 5.33. The lowest BCUT2D eigenvalue weighted by Gasteiger charge is -2.27. The predicted molar refractivity (Wildman–Crippen MR) is 95.8 cm³/mol. The Balaban J connectivity index is 1.71. The molecule has 0 spiro atoms. The first-order valence-electron chi connectivity index (χ1n) is 7.70. The summed E-state index contributed by atoms with van der Waals surface area (Å²) < 4.78 is 0. The molecule has 0 radical (unpaired) electrons. The van der Waals surface area contributed by atoms with E-state index in [1.165, 1.54) is 10.4 Å². The molecule has 1 aliphatic heterocycles. The number of nitrogens with one attached hydrogen (secondary N) is 2. The zero-order valence-electron chi connectivity index (χ0n) is 12.6. The van der Waals surface area contributed by atoms with Crippen molar-refractivity contribution in [3.05, 3.63) is 49.8 Å². The van der Waals surface area contributed by atoms with Crippen LogP contribution in [-0.4, -0.2) is 5.91 Å². The third kappa shape index (κ3) is 2.63. The van der Waals surface area contributed by atoms with E-state index in [0.717, 1.165) is 35.4 Å². The molecule has 2 atom stereocenters. The predicted octanol–water partition coefficient (Wildman–Crippen LogP) is 5.03. The van der Waals surface area contributed by atoms with E-state index in [1.54, 1.807) is 23.5 Å². The number of thiophene rings is 1. The van der Waals surface area contributed by atoms with E-state index in [2.05, 4.69) is 17.6 Å². The van der Waals surface area contributed by atoms with Crippen molar-refractivity contribution < 1.29 is 4.79 Å². The van der Waals surface area contributed by atoms with Crippen molar-refractivity contribution in [3.8, 4) is 0 Å². The smallest absolute Gasteiger partial charge is 0.256 e. The number of carbonyl (C=O) groups is 1. The number of fused-ring (bicyclic) bond motifs is 3. The quantitative estimate of drug-likeness (QED) is 0.742. The highest BCUT2D eigenvalue weighted by Gasteiger charge is 2.33. The summed E-state index contributed by atoms with van der Waals surface area (Å²) in [5.74, 6) is 0.675. The zero-order chi connectivity index (χ0) is 16.1. The molecule has 0 fully saturated rings. The lowest BCUT2D eigenvalue weighted by molar-refractivity contribution is 0.0935. The maximum absolute atomic E-state index is 12.6. The maximum Gasteiger partial charge on any atom is 0.256 e. The molecule has 6 heteroatoms. The summed E-state index contributed by atoms with van der Waals surface area (Å²) in [5.41, 5.74) is 2.89. The van der Waals surface area contributed by atoms with E-state index < -0.39 is 0 Å². The van der Waals surface area contributed by atoms with Crippen molar-refractivity contribution in [1.82, 2.24) is 5.32 Å². The topological polar surface area (TPSA) is 41.1 Å². The van der Waals surface area contributed by atoms with Crippen LogP contribution in [0.3, 0.4) is 0 Å². The summed E-state index contributed by atoms with van der Waals surface area (Å²) in [6.45, 7) is 2.27. The molecule has 1 aliphatic carbocycles. The molecule has 2 heterocycles. The normalized spacial score (nSPS) is 22.8. The van der Waals surface area contributed by atoms with Gasteiger partial charge in [-0.2, -0.15) is 0 Å². The van der Waals surface area contributed by atoms with Gasteiger partial charge in [0.05, 0.1) is 5.56 Å². The summed E-state index contributed by atoms with van der Waals surface area (Å²) in [6.07, 6.45) is 2.88. The van der Waals surface area contributed by atoms with Crippen LogP contribution in [0.15, 0.2) is 18.2 Å². The van der Waals surface area contributed by atoms with Gasteiger partial charge in [0.25, 0.3) is 5.91 Å². The van der Waals surface area contributed by atoms with Crippen LogP contribution in [0.25, 0.3) is 0 Å². The number of carbonyl (C=O) groups excluding carboxylic acids is 1. The largest absolute Gasteiger partial charge is 0.353 e. The second kappa shape index (κ2) is 5.69. The lowest BCUT2D eigenvalue weighted by atomic mass is 9.88. The SMILES string of the molecule is C[C@H]1CCc2c(sc3c2C(=O)N[C@H](c2ccc(Cl)cc2Cl)N3)C1. The van der Waals surface area contributed by atoms with E-state index in [-0.39, 0.29) is 12.1 Å². The zero-order valence-corrected chi connectivity index (χ0v) is 14.9. The van der Waals surface area contributed by atoms with Crippen LogP contribution in [0.5, 0.6) is 0 Å². The van der Waals surface area contributed by atoms with Gasteiger partial charge in [-0.05, 0) is 42.9 Å². The summed E-state index contributed by atoms with van der Waals surface area (Å²) in [5, 5.41) is 8.56. The molecule has 2 aliphatic rings. The lowest BCUT2D eigenvalue weighted by Crippen LogP contribution is -2.38. The fourth-order valence-electron chi connectivity index (χ4n) is 3.35. The van der Waals surface area contributed by atoms with Gasteiger partial charge in [0.1, 0.15) is 11.2 Å². The Bertz CT molecular complexity index is 802. The number of anilines is 1. The van der Waals surface area contributed by atoms with E-state index in [0.29, 0.717) is 16.0 Å². The molecule has 1 amide bonds. The highest BCUT2D eigenvalue weighted by Crippen LogP contribution is 2.43. The van der Waals surface area contributed by atoms with Crippen LogP contribution < -0.4 is 10.6 Å². The second-order valence-electron chi connectivity index (χ2n) is 6.27. The van der Waals surface area contributed by atoms with E-state index >= 15 is 0 Å². The van der Waals surface area contributed by atoms with Gasteiger partial charge in [-0.3, -0.25) is 4.79 Å². The number of rotatable bonds is 1. The first-order valence-corrected chi connectivity index (χ1v) is 9.27.